The van der Waals surface area contributed by atoms with Crippen molar-refractivity contribution in [2.45, 2.75) is 37.9 Å². The first-order valence-corrected chi connectivity index (χ1v) is 11.3. The minimum atomic E-state index is -5.08. The number of halogens is 5. The van der Waals surface area contributed by atoms with E-state index in [0.29, 0.717) is 30.6 Å². The summed E-state index contributed by atoms with van der Waals surface area (Å²) in [7, 11) is 0. The predicted molar refractivity (Wildman–Crippen MR) is 122 cm³/mol. The molecule has 1 unspecified atom stereocenters. The number of hydrogen-bond acceptors (Lipinski definition) is 5. The van der Waals surface area contributed by atoms with Gasteiger partial charge >= 0.3 is 12.1 Å². The highest BCUT2D eigenvalue weighted by atomic mass is 19.4. The van der Waals surface area contributed by atoms with Crippen LogP contribution in [0.15, 0.2) is 48.5 Å². The number of aliphatic carboxylic acids is 1. The summed E-state index contributed by atoms with van der Waals surface area (Å²) >= 11 is 0. The van der Waals surface area contributed by atoms with E-state index in [2.05, 4.69) is 6.07 Å². The Morgan fingerprint density at radius 3 is 2.41 bits per heavy atom. The molecule has 2 fully saturated rings. The third-order valence-electron chi connectivity index (χ3n) is 6.16. The fourth-order valence-corrected chi connectivity index (χ4v) is 4.81. The topological polar surface area (TPSA) is 105 Å². The molecule has 0 aromatic heterocycles. The Kier molecular flexibility index (Phi) is 8.07. The van der Waals surface area contributed by atoms with Crippen LogP contribution in [0.2, 0.25) is 0 Å². The van der Waals surface area contributed by atoms with Crippen molar-refractivity contribution in [2.24, 2.45) is 5.41 Å². The van der Waals surface area contributed by atoms with Crippen molar-refractivity contribution in [3.8, 4) is 11.8 Å². The summed E-state index contributed by atoms with van der Waals surface area (Å²) in [5.41, 5.74) is 0.565. The van der Waals surface area contributed by atoms with Gasteiger partial charge in [-0.25, -0.2) is 13.6 Å². The van der Waals surface area contributed by atoms with Crippen LogP contribution in [0.4, 0.5) is 27.6 Å². The minimum Gasteiger partial charge on any atom is -0.508 e. The van der Waals surface area contributed by atoms with Gasteiger partial charge in [-0.05, 0) is 48.7 Å². The number of carboxylic acid groups (broad SMARTS) is 1. The Morgan fingerprint density at radius 1 is 1.11 bits per heavy atom. The highest BCUT2D eigenvalue weighted by Gasteiger charge is 2.55. The van der Waals surface area contributed by atoms with Crippen LogP contribution in [0, 0.1) is 16.7 Å². The highest BCUT2D eigenvalue weighted by Crippen LogP contribution is 2.46. The third-order valence-corrected chi connectivity index (χ3v) is 6.16. The number of rotatable bonds is 3. The molecular formula is C25H24F5N3O4. The quantitative estimate of drug-likeness (QED) is 0.570. The molecule has 12 heteroatoms. The van der Waals surface area contributed by atoms with E-state index >= 15 is 0 Å². The lowest BCUT2D eigenvalue weighted by Gasteiger charge is -2.49. The van der Waals surface area contributed by atoms with E-state index in [1.807, 2.05) is 0 Å². The molecule has 1 atom stereocenters. The lowest BCUT2D eigenvalue weighted by molar-refractivity contribution is -0.192. The number of piperidine rings is 2. The number of carbonyl (C=O) groups excluding carboxylic acids is 1. The molecule has 2 N–H and O–H groups in total. The Morgan fingerprint density at radius 2 is 1.78 bits per heavy atom. The SMILES string of the molecule is N#Cc1cccc(N2CCCC3(CN(Cc4cccc(O)c4)CC(F)(F)C3)C2=O)c1.O=C(O)C(F)(F)F. The lowest BCUT2D eigenvalue weighted by Crippen LogP contribution is -2.61. The fraction of sp³-hybridized carbons (Fsp3) is 0.400. The molecule has 0 saturated carbocycles. The van der Waals surface area contributed by atoms with Crippen molar-refractivity contribution in [1.82, 2.24) is 4.90 Å². The number of likely N-dealkylation sites (tertiary alicyclic amines) is 1. The Balaban J connectivity index is 0.000000479. The van der Waals surface area contributed by atoms with Gasteiger partial charge in [0, 0.05) is 31.7 Å². The molecule has 2 aliphatic heterocycles. The summed E-state index contributed by atoms with van der Waals surface area (Å²) in [5, 5.41) is 26.0. The highest BCUT2D eigenvalue weighted by molar-refractivity contribution is 5.98. The Hall–Kier alpha value is -3.72. The van der Waals surface area contributed by atoms with Crippen LogP contribution in [0.3, 0.4) is 0 Å². The van der Waals surface area contributed by atoms with E-state index in [1.165, 1.54) is 6.07 Å². The lowest BCUT2D eigenvalue weighted by atomic mass is 9.71. The molecule has 0 bridgehead atoms. The van der Waals surface area contributed by atoms with Gasteiger partial charge in [0.1, 0.15) is 5.75 Å². The molecule has 0 aliphatic carbocycles. The molecular weight excluding hydrogens is 501 g/mol. The summed E-state index contributed by atoms with van der Waals surface area (Å²) in [6.45, 7) is 0.518. The van der Waals surface area contributed by atoms with Gasteiger partial charge < -0.3 is 15.1 Å². The zero-order valence-corrected chi connectivity index (χ0v) is 19.5. The van der Waals surface area contributed by atoms with E-state index in [9.17, 15) is 31.9 Å². The molecule has 1 amide bonds. The van der Waals surface area contributed by atoms with Crippen molar-refractivity contribution >= 4 is 17.6 Å². The molecule has 7 nitrogen and oxygen atoms in total. The first kappa shape index (κ1) is 27.9. The summed E-state index contributed by atoms with van der Waals surface area (Å²) in [4.78, 5) is 25.6. The number of aromatic hydroxyl groups is 1. The Labute approximate surface area is 209 Å². The largest absolute Gasteiger partial charge is 0.508 e. The van der Waals surface area contributed by atoms with Crippen molar-refractivity contribution < 1.29 is 41.8 Å². The van der Waals surface area contributed by atoms with Gasteiger partial charge in [-0.2, -0.15) is 18.4 Å². The summed E-state index contributed by atoms with van der Waals surface area (Å²) in [5.74, 6) is -5.96. The third kappa shape index (κ3) is 6.95. The average molecular weight is 525 g/mol. The van der Waals surface area contributed by atoms with E-state index in [1.54, 1.807) is 52.3 Å². The van der Waals surface area contributed by atoms with Gasteiger partial charge in [-0.15, -0.1) is 0 Å². The number of phenolic OH excluding ortho intramolecular Hbond substituents is 1. The van der Waals surface area contributed by atoms with Crippen LogP contribution in [0.25, 0.3) is 0 Å². The molecule has 2 heterocycles. The Bertz CT molecular complexity index is 1200. The van der Waals surface area contributed by atoms with Crippen LogP contribution in [0.1, 0.15) is 30.4 Å². The number of benzene rings is 2. The summed E-state index contributed by atoms with van der Waals surface area (Å²) in [6, 6.07) is 15.3. The second kappa shape index (κ2) is 10.7. The van der Waals surface area contributed by atoms with Crippen molar-refractivity contribution in [1.29, 1.82) is 5.26 Å². The van der Waals surface area contributed by atoms with E-state index < -0.39 is 36.4 Å². The fourth-order valence-electron chi connectivity index (χ4n) is 4.81. The average Bonchev–Trinajstić information content (AvgIpc) is 2.80. The predicted octanol–water partition coefficient (Wildman–Crippen LogP) is 4.55. The maximum absolute atomic E-state index is 14.8. The number of nitriles is 1. The second-order valence-corrected chi connectivity index (χ2v) is 9.15. The van der Waals surface area contributed by atoms with Crippen LogP contribution in [-0.2, 0) is 16.1 Å². The number of carbonyl (C=O) groups is 2. The molecule has 198 valence electrons. The summed E-state index contributed by atoms with van der Waals surface area (Å²) in [6.07, 6.45) is -4.52. The normalized spacial score (nSPS) is 21.6. The number of nitrogens with zero attached hydrogens (tertiary/aromatic N) is 3. The van der Waals surface area contributed by atoms with Crippen molar-refractivity contribution in [3.05, 3.63) is 59.7 Å². The van der Waals surface area contributed by atoms with Gasteiger partial charge in [0.15, 0.2) is 0 Å². The first-order valence-electron chi connectivity index (χ1n) is 11.3. The number of amides is 1. The van der Waals surface area contributed by atoms with Crippen LogP contribution >= 0.6 is 0 Å². The molecule has 2 aliphatic rings. The van der Waals surface area contributed by atoms with Gasteiger partial charge in [0.05, 0.1) is 23.6 Å². The number of hydrogen-bond donors (Lipinski definition) is 2. The standard InChI is InChI=1S/C23H23F2N3O2.C2HF3O2/c24-23(25)14-22(15-27(16-23)13-18-5-2-7-20(29)11-18)8-3-9-28(21(22)30)19-6-1-4-17(10-19)12-26;3-2(4,5)1(6)7/h1-2,4-7,10-11,29H,3,8-9,13-16H2;(H,6,7). The smallest absolute Gasteiger partial charge is 0.490 e. The number of alkyl halides is 5. The molecule has 2 aromatic carbocycles. The first-order chi connectivity index (χ1) is 17.2. The van der Waals surface area contributed by atoms with Crippen LogP contribution < -0.4 is 4.90 Å². The van der Waals surface area contributed by atoms with E-state index in [4.69, 9.17) is 15.2 Å². The maximum atomic E-state index is 14.8. The monoisotopic (exact) mass is 525 g/mol. The molecule has 37 heavy (non-hydrogen) atoms. The van der Waals surface area contributed by atoms with Gasteiger partial charge in [-0.1, -0.05) is 18.2 Å². The molecule has 1 spiro atoms. The maximum Gasteiger partial charge on any atom is 0.490 e. The molecule has 4 rings (SSSR count). The van der Waals surface area contributed by atoms with Gasteiger partial charge in [0.2, 0.25) is 5.91 Å². The van der Waals surface area contributed by atoms with Crippen LogP contribution in [-0.4, -0.2) is 58.7 Å². The number of anilines is 1. The van der Waals surface area contributed by atoms with Gasteiger partial charge in [0.25, 0.3) is 5.92 Å². The van der Waals surface area contributed by atoms with Crippen molar-refractivity contribution in [3.63, 3.8) is 0 Å². The molecule has 2 saturated heterocycles. The zero-order valence-electron chi connectivity index (χ0n) is 19.5. The summed E-state index contributed by atoms with van der Waals surface area (Å²) < 4.78 is 61.3. The number of phenols is 1. The van der Waals surface area contributed by atoms with Gasteiger partial charge in [-0.3, -0.25) is 9.69 Å². The second-order valence-electron chi connectivity index (χ2n) is 9.15. The molecule has 0 radical (unpaired) electrons. The van der Waals surface area contributed by atoms with E-state index in [0.717, 1.165) is 5.56 Å². The van der Waals surface area contributed by atoms with E-state index in [-0.39, 0.29) is 24.7 Å². The number of carboxylic acids is 1. The minimum absolute atomic E-state index is 0.0864. The molecule has 2 aromatic rings. The van der Waals surface area contributed by atoms with Crippen LogP contribution in [0.5, 0.6) is 5.75 Å². The zero-order chi connectivity index (χ0) is 27.4. The van der Waals surface area contributed by atoms with Crippen molar-refractivity contribution in [2.75, 3.05) is 24.5 Å².